The molecule has 0 radical (unpaired) electrons. The van der Waals surface area contributed by atoms with Gasteiger partial charge in [-0.25, -0.2) is 9.07 Å². The first-order chi connectivity index (χ1) is 8.52. The first kappa shape index (κ1) is 12.8. The Labute approximate surface area is 111 Å². The van der Waals surface area contributed by atoms with Crippen LogP contribution in [0.3, 0.4) is 0 Å². The van der Waals surface area contributed by atoms with Gasteiger partial charge in [-0.05, 0) is 41.1 Å². The third-order valence-corrected chi connectivity index (χ3v) is 3.05. The molecule has 0 amide bonds. The van der Waals surface area contributed by atoms with E-state index in [-0.39, 0.29) is 5.82 Å². The Hall–Kier alpha value is -1.69. The number of carbonyl (C=O) groups excluding carboxylic acids is 1. The summed E-state index contributed by atoms with van der Waals surface area (Å²) in [5.41, 5.74) is 0.974. The van der Waals surface area contributed by atoms with Crippen molar-refractivity contribution in [2.24, 2.45) is 7.05 Å². The number of aryl methyl sites for hydroxylation is 2. The molecule has 2 rings (SSSR count). The molecular weight excluding hydrogens is 303 g/mol. The van der Waals surface area contributed by atoms with Crippen molar-refractivity contribution in [2.45, 2.75) is 6.92 Å². The molecule has 0 saturated heterocycles. The Kier molecular flexibility index (Phi) is 3.47. The summed E-state index contributed by atoms with van der Waals surface area (Å²) in [5, 5.41) is 4.09. The van der Waals surface area contributed by atoms with Crippen molar-refractivity contribution < 1.29 is 13.9 Å². The lowest BCUT2D eigenvalue weighted by Gasteiger charge is -2.07. The Morgan fingerprint density at radius 2 is 2.22 bits per heavy atom. The zero-order valence-electron chi connectivity index (χ0n) is 9.78. The molecule has 0 saturated carbocycles. The molecule has 0 bridgehead atoms. The van der Waals surface area contributed by atoms with Crippen molar-refractivity contribution >= 4 is 22.2 Å². The van der Waals surface area contributed by atoms with E-state index < -0.39 is 0 Å². The summed E-state index contributed by atoms with van der Waals surface area (Å²) >= 11 is 3.07. The largest absolute Gasteiger partial charge is 0.438 e. The van der Waals surface area contributed by atoms with Crippen LogP contribution in [0.2, 0.25) is 0 Å². The lowest BCUT2D eigenvalue weighted by atomic mass is 10.3. The lowest BCUT2D eigenvalue weighted by Crippen LogP contribution is -1.97. The van der Waals surface area contributed by atoms with Gasteiger partial charge >= 0.3 is 0 Å². The second-order valence-electron chi connectivity index (χ2n) is 3.72. The summed E-state index contributed by atoms with van der Waals surface area (Å²) in [6.45, 7) is 1.72. The van der Waals surface area contributed by atoms with E-state index in [4.69, 9.17) is 4.74 Å². The van der Waals surface area contributed by atoms with E-state index in [1.165, 1.54) is 22.9 Å². The molecule has 0 atom stereocenters. The molecule has 0 fully saturated rings. The normalized spacial score (nSPS) is 10.4. The highest BCUT2D eigenvalue weighted by molar-refractivity contribution is 9.10. The minimum atomic E-state index is -0.376. The van der Waals surface area contributed by atoms with Gasteiger partial charge < -0.3 is 4.74 Å². The number of hydrogen-bond donors (Lipinski definition) is 0. The second-order valence-corrected chi connectivity index (χ2v) is 4.58. The third kappa shape index (κ3) is 2.28. The van der Waals surface area contributed by atoms with Crippen LogP contribution in [-0.2, 0) is 7.05 Å². The first-order valence-electron chi connectivity index (χ1n) is 5.14. The van der Waals surface area contributed by atoms with Crippen molar-refractivity contribution in [1.29, 1.82) is 0 Å². The van der Waals surface area contributed by atoms with Gasteiger partial charge in [0.1, 0.15) is 11.6 Å². The highest BCUT2D eigenvalue weighted by Crippen LogP contribution is 2.28. The van der Waals surface area contributed by atoms with Crippen LogP contribution in [0.4, 0.5) is 4.39 Å². The van der Waals surface area contributed by atoms with Crippen LogP contribution in [0.1, 0.15) is 16.1 Å². The predicted octanol–water partition coefficient (Wildman–Crippen LogP) is 3.23. The van der Waals surface area contributed by atoms with Crippen LogP contribution >= 0.6 is 15.9 Å². The molecular formula is C12H10BrFN2O2. The van der Waals surface area contributed by atoms with Gasteiger partial charge in [-0.2, -0.15) is 5.10 Å². The molecule has 1 aromatic heterocycles. The molecule has 0 spiro atoms. The van der Waals surface area contributed by atoms with Crippen molar-refractivity contribution in [1.82, 2.24) is 9.78 Å². The van der Waals surface area contributed by atoms with Crippen LogP contribution in [0, 0.1) is 12.7 Å². The van der Waals surface area contributed by atoms with Crippen molar-refractivity contribution in [3.8, 4) is 11.6 Å². The van der Waals surface area contributed by atoms with Gasteiger partial charge in [0.25, 0.3) is 0 Å². The number of carbonyl (C=O) groups is 1. The maximum Gasteiger partial charge on any atom is 0.228 e. The van der Waals surface area contributed by atoms with E-state index in [0.29, 0.717) is 33.6 Å². The molecule has 94 valence electrons. The smallest absolute Gasteiger partial charge is 0.228 e. The maximum atomic E-state index is 13.1. The molecule has 2 aromatic rings. The molecule has 6 heteroatoms. The van der Waals surface area contributed by atoms with E-state index in [2.05, 4.69) is 21.0 Å². The number of benzene rings is 1. The maximum absolute atomic E-state index is 13.1. The summed E-state index contributed by atoms with van der Waals surface area (Å²) in [4.78, 5) is 11.0. The Morgan fingerprint density at radius 1 is 1.50 bits per heavy atom. The fourth-order valence-corrected chi connectivity index (χ4v) is 1.92. The number of halogens is 2. The van der Waals surface area contributed by atoms with E-state index >= 15 is 0 Å². The van der Waals surface area contributed by atoms with Gasteiger partial charge in [0.2, 0.25) is 5.88 Å². The fraction of sp³-hybridized carbons (Fsp3) is 0.167. The SMILES string of the molecule is Cc1nn(C)c(Oc2ccc(F)c(Br)c2)c1C=O. The van der Waals surface area contributed by atoms with Crippen molar-refractivity contribution in [3.05, 3.63) is 39.7 Å². The molecule has 0 unspecified atom stereocenters. The molecule has 4 nitrogen and oxygen atoms in total. The second kappa shape index (κ2) is 4.89. The topological polar surface area (TPSA) is 44.1 Å². The quantitative estimate of drug-likeness (QED) is 0.817. The van der Waals surface area contributed by atoms with E-state index in [9.17, 15) is 9.18 Å². The van der Waals surface area contributed by atoms with Gasteiger partial charge in [0.15, 0.2) is 6.29 Å². The van der Waals surface area contributed by atoms with Crippen LogP contribution in [0.5, 0.6) is 11.6 Å². The third-order valence-electron chi connectivity index (χ3n) is 2.44. The molecule has 0 aliphatic rings. The molecule has 1 heterocycles. The zero-order chi connectivity index (χ0) is 13.3. The summed E-state index contributed by atoms with van der Waals surface area (Å²) < 4.78 is 20.4. The molecule has 0 aliphatic carbocycles. The van der Waals surface area contributed by atoms with Crippen molar-refractivity contribution in [2.75, 3.05) is 0 Å². The average molecular weight is 313 g/mol. The highest BCUT2D eigenvalue weighted by Gasteiger charge is 2.15. The van der Waals surface area contributed by atoms with Crippen LogP contribution in [0.25, 0.3) is 0 Å². The van der Waals surface area contributed by atoms with E-state index in [1.807, 2.05) is 0 Å². The molecule has 18 heavy (non-hydrogen) atoms. The predicted molar refractivity (Wildman–Crippen MR) is 67.5 cm³/mol. The number of aldehydes is 1. The van der Waals surface area contributed by atoms with Gasteiger partial charge in [-0.15, -0.1) is 0 Å². The van der Waals surface area contributed by atoms with Crippen LogP contribution in [0.15, 0.2) is 22.7 Å². The fourth-order valence-electron chi connectivity index (χ4n) is 1.56. The van der Waals surface area contributed by atoms with E-state index in [1.54, 1.807) is 14.0 Å². The van der Waals surface area contributed by atoms with Crippen LogP contribution < -0.4 is 4.74 Å². The summed E-state index contributed by atoms with van der Waals surface area (Å²) in [7, 11) is 1.67. The van der Waals surface area contributed by atoms with Gasteiger partial charge in [0.05, 0.1) is 15.7 Å². The summed E-state index contributed by atoms with van der Waals surface area (Å²) in [6.07, 6.45) is 0.691. The van der Waals surface area contributed by atoms with Crippen LogP contribution in [-0.4, -0.2) is 16.1 Å². The molecule has 0 N–H and O–H groups in total. The minimum Gasteiger partial charge on any atom is -0.438 e. The Balaban J connectivity index is 2.39. The van der Waals surface area contributed by atoms with Gasteiger partial charge in [-0.1, -0.05) is 0 Å². The zero-order valence-corrected chi connectivity index (χ0v) is 11.4. The molecule has 0 aliphatic heterocycles. The summed E-state index contributed by atoms with van der Waals surface area (Å²) in [5.74, 6) is 0.384. The first-order valence-corrected chi connectivity index (χ1v) is 5.94. The highest BCUT2D eigenvalue weighted by atomic mass is 79.9. The molecule has 1 aromatic carbocycles. The van der Waals surface area contributed by atoms with E-state index in [0.717, 1.165) is 0 Å². The van der Waals surface area contributed by atoms with Crippen molar-refractivity contribution in [3.63, 3.8) is 0 Å². The monoisotopic (exact) mass is 312 g/mol. The number of nitrogens with zero attached hydrogens (tertiary/aromatic N) is 2. The number of aromatic nitrogens is 2. The minimum absolute atomic E-state index is 0.298. The standard InChI is InChI=1S/C12H10BrFN2O2/c1-7-9(6-17)12(16(2)15-7)18-8-3-4-11(14)10(13)5-8/h3-6H,1-2H3. The Bertz CT molecular complexity index is 610. The van der Waals surface area contributed by atoms with Gasteiger partial charge in [0, 0.05) is 7.05 Å². The number of hydrogen-bond acceptors (Lipinski definition) is 3. The number of rotatable bonds is 3. The average Bonchev–Trinajstić information content (AvgIpc) is 2.58. The summed E-state index contributed by atoms with van der Waals surface area (Å²) in [6, 6.07) is 4.26. The Morgan fingerprint density at radius 3 is 2.83 bits per heavy atom. The lowest BCUT2D eigenvalue weighted by molar-refractivity contribution is 0.112. The van der Waals surface area contributed by atoms with Gasteiger partial charge in [-0.3, -0.25) is 4.79 Å². The number of ether oxygens (including phenoxy) is 1.